The lowest BCUT2D eigenvalue weighted by Gasteiger charge is -2.29. The van der Waals surface area contributed by atoms with E-state index in [0.29, 0.717) is 23.3 Å². The second kappa shape index (κ2) is 4.84. The maximum atomic E-state index is 12.8. The predicted octanol–water partition coefficient (Wildman–Crippen LogP) is 1.84. The van der Waals surface area contributed by atoms with Crippen LogP contribution in [0.3, 0.4) is 0 Å². The van der Waals surface area contributed by atoms with Crippen molar-refractivity contribution in [3.05, 3.63) is 58.1 Å². The number of nitrogens with zero attached hydrogens (tertiary/aromatic N) is 2. The Bertz CT molecular complexity index is 925. The quantitative estimate of drug-likeness (QED) is 0.718. The molecule has 0 bridgehead atoms. The number of H-pyrrole nitrogens is 2. The molecule has 3 heterocycles. The number of imidazole rings is 1. The van der Waals surface area contributed by atoms with E-state index in [0.717, 1.165) is 18.5 Å². The number of hydrogen-bond acceptors (Lipinski definition) is 3. The molecule has 1 aliphatic heterocycles. The molecule has 0 saturated carbocycles. The summed E-state index contributed by atoms with van der Waals surface area (Å²) in [7, 11) is 0. The van der Waals surface area contributed by atoms with Crippen LogP contribution in [-0.2, 0) is 6.42 Å². The summed E-state index contributed by atoms with van der Waals surface area (Å²) in [6, 6.07) is 9.62. The van der Waals surface area contributed by atoms with Crippen molar-refractivity contribution in [2.24, 2.45) is 0 Å². The Morgan fingerprint density at radius 3 is 3.00 bits per heavy atom. The van der Waals surface area contributed by atoms with Crippen molar-refractivity contribution in [2.45, 2.75) is 12.8 Å². The zero-order valence-electron chi connectivity index (χ0n) is 11.8. The summed E-state index contributed by atoms with van der Waals surface area (Å²) in [6.07, 6.45) is 3.44. The molecule has 0 fully saturated rings. The van der Waals surface area contributed by atoms with Gasteiger partial charge in [-0.25, -0.2) is 9.78 Å². The van der Waals surface area contributed by atoms with Gasteiger partial charge in [0.15, 0.2) is 5.65 Å². The number of aromatic amines is 2. The third-order valence-electron chi connectivity index (χ3n) is 3.97. The molecule has 1 aromatic carbocycles. The molecule has 6 nitrogen and oxygen atoms in total. The van der Waals surface area contributed by atoms with Crippen LogP contribution in [0.25, 0.3) is 11.2 Å². The highest BCUT2D eigenvalue weighted by molar-refractivity contribution is 6.07. The number of hydrogen-bond donors (Lipinski definition) is 2. The second-order valence-electron chi connectivity index (χ2n) is 5.39. The molecule has 6 heteroatoms. The molecule has 0 spiro atoms. The van der Waals surface area contributed by atoms with E-state index >= 15 is 0 Å². The Balaban J connectivity index is 1.76. The van der Waals surface area contributed by atoms with Crippen LogP contribution in [0.5, 0.6) is 0 Å². The highest BCUT2D eigenvalue weighted by Gasteiger charge is 2.23. The number of pyridine rings is 1. The van der Waals surface area contributed by atoms with E-state index in [1.165, 1.54) is 11.8 Å². The van der Waals surface area contributed by atoms with Crippen molar-refractivity contribution < 1.29 is 4.79 Å². The Morgan fingerprint density at radius 1 is 1.23 bits per heavy atom. The van der Waals surface area contributed by atoms with Gasteiger partial charge in [-0.2, -0.15) is 0 Å². The highest BCUT2D eigenvalue weighted by atomic mass is 16.2. The number of benzene rings is 1. The first-order chi connectivity index (χ1) is 10.7. The number of aryl methyl sites for hydroxylation is 1. The minimum atomic E-state index is -0.324. The van der Waals surface area contributed by atoms with Gasteiger partial charge in [0.05, 0.1) is 11.1 Å². The standard InChI is InChI=1S/C16H14N4O2/c21-15(11-8-12-14(17-9-11)19-16(22)18-12)20-7-3-5-10-4-1-2-6-13(10)20/h1-2,4,6,8-9H,3,5,7H2,(H2,17,18,19,22). The monoisotopic (exact) mass is 294 g/mol. The number of carbonyl (C=O) groups is 1. The summed E-state index contributed by atoms with van der Waals surface area (Å²) in [5.41, 5.74) is 3.30. The normalized spacial score (nSPS) is 14.1. The fourth-order valence-corrected chi connectivity index (χ4v) is 2.94. The van der Waals surface area contributed by atoms with Gasteiger partial charge in [-0.3, -0.25) is 9.78 Å². The lowest BCUT2D eigenvalue weighted by Crippen LogP contribution is -2.35. The van der Waals surface area contributed by atoms with Gasteiger partial charge >= 0.3 is 5.69 Å². The second-order valence-corrected chi connectivity index (χ2v) is 5.39. The van der Waals surface area contributed by atoms with E-state index in [2.05, 4.69) is 21.0 Å². The molecule has 0 aliphatic carbocycles. The lowest BCUT2D eigenvalue weighted by atomic mass is 10.0. The third kappa shape index (κ3) is 2.00. The van der Waals surface area contributed by atoms with Gasteiger partial charge in [-0.1, -0.05) is 18.2 Å². The average molecular weight is 294 g/mol. The van der Waals surface area contributed by atoms with E-state index < -0.39 is 0 Å². The number of amides is 1. The van der Waals surface area contributed by atoms with Crippen molar-refractivity contribution in [1.29, 1.82) is 0 Å². The molecule has 3 aromatic rings. The zero-order chi connectivity index (χ0) is 15.1. The van der Waals surface area contributed by atoms with Crippen LogP contribution in [0.2, 0.25) is 0 Å². The number of fused-ring (bicyclic) bond motifs is 2. The van der Waals surface area contributed by atoms with Gasteiger partial charge in [0.1, 0.15) is 0 Å². The van der Waals surface area contributed by atoms with Crippen molar-refractivity contribution in [3.63, 3.8) is 0 Å². The topological polar surface area (TPSA) is 81.8 Å². The van der Waals surface area contributed by atoms with Gasteiger partial charge < -0.3 is 9.88 Å². The molecular formula is C16H14N4O2. The van der Waals surface area contributed by atoms with Crippen LogP contribution in [0.15, 0.2) is 41.3 Å². The molecule has 4 rings (SSSR count). The summed E-state index contributed by atoms with van der Waals surface area (Å²) < 4.78 is 0. The van der Waals surface area contributed by atoms with Crippen molar-refractivity contribution in [3.8, 4) is 0 Å². The van der Waals surface area contributed by atoms with E-state index in [1.807, 2.05) is 18.2 Å². The number of nitrogens with one attached hydrogen (secondary N) is 2. The number of aromatic nitrogens is 3. The first-order valence-electron chi connectivity index (χ1n) is 7.20. The molecule has 1 aliphatic rings. The SMILES string of the molecule is O=C(c1cnc2[nH]c(=O)[nH]c2c1)N1CCCc2ccccc21. The fourth-order valence-electron chi connectivity index (χ4n) is 2.94. The fraction of sp³-hybridized carbons (Fsp3) is 0.188. The van der Waals surface area contributed by atoms with Gasteiger partial charge in [0.25, 0.3) is 5.91 Å². The van der Waals surface area contributed by atoms with E-state index in [4.69, 9.17) is 0 Å². The molecule has 110 valence electrons. The molecule has 0 radical (unpaired) electrons. The van der Waals surface area contributed by atoms with E-state index in [1.54, 1.807) is 11.0 Å². The number of rotatable bonds is 1. The van der Waals surface area contributed by atoms with Crippen LogP contribution in [-0.4, -0.2) is 27.4 Å². The van der Waals surface area contributed by atoms with Crippen LogP contribution in [0.4, 0.5) is 5.69 Å². The molecule has 0 atom stereocenters. The Morgan fingerprint density at radius 2 is 2.09 bits per heavy atom. The number of para-hydroxylation sites is 1. The van der Waals surface area contributed by atoms with E-state index in [9.17, 15) is 9.59 Å². The van der Waals surface area contributed by atoms with Crippen molar-refractivity contribution in [2.75, 3.05) is 11.4 Å². The summed E-state index contributed by atoms with van der Waals surface area (Å²) in [4.78, 5) is 35.2. The summed E-state index contributed by atoms with van der Waals surface area (Å²) >= 11 is 0. The van der Waals surface area contributed by atoms with Gasteiger partial charge in [0.2, 0.25) is 0 Å². The van der Waals surface area contributed by atoms with Crippen LogP contribution < -0.4 is 10.6 Å². The molecule has 2 N–H and O–H groups in total. The first-order valence-corrected chi connectivity index (χ1v) is 7.20. The summed E-state index contributed by atoms with van der Waals surface area (Å²) in [5, 5.41) is 0. The number of anilines is 1. The zero-order valence-corrected chi connectivity index (χ0v) is 11.8. The molecule has 1 amide bonds. The van der Waals surface area contributed by atoms with Crippen LogP contribution >= 0.6 is 0 Å². The molecule has 0 unspecified atom stereocenters. The Labute approximate surface area is 125 Å². The van der Waals surface area contributed by atoms with Crippen molar-refractivity contribution >= 4 is 22.8 Å². The molecule has 0 saturated heterocycles. The maximum Gasteiger partial charge on any atom is 0.325 e. The lowest BCUT2D eigenvalue weighted by molar-refractivity contribution is 0.0985. The first kappa shape index (κ1) is 12.8. The highest BCUT2D eigenvalue weighted by Crippen LogP contribution is 2.28. The minimum Gasteiger partial charge on any atom is -0.308 e. The largest absolute Gasteiger partial charge is 0.325 e. The molecule has 22 heavy (non-hydrogen) atoms. The Kier molecular flexibility index (Phi) is 2.82. The summed E-state index contributed by atoms with van der Waals surface area (Å²) in [5.74, 6) is -0.0939. The van der Waals surface area contributed by atoms with Crippen molar-refractivity contribution in [1.82, 2.24) is 15.0 Å². The Hall–Kier alpha value is -2.89. The van der Waals surface area contributed by atoms with Crippen LogP contribution in [0.1, 0.15) is 22.3 Å². The summed E-state index contributed by atoms with van der Waals surface area (Å²) in [6.45, 7) is 0.692. The average Bonchev–Trinajstić information content (AvgIpc) is 2.92. The van der Waals surface area contributed by atoms with E-state index in [-0.39, 0.29) is 11.6 Å². The molecular weight excluding hydrogens is 280 g/mol. The minimum absolute atomic E-state index is 0.0939. The maximum absolute atomic E-state index is 12.8. The van der Waals surface area contributed by atoms with Crippen LogP contribution in [0, 0.1) is 0 Å². The number of carbonyl (C=O) groups excluding carboxylic acids is 1. The van der Waals surface area contributed by atoms with Gasteiger partial charge in [-0.05, 0) is 30.5 Å². The van der Waals surface area contributed by atoms with Gasteiger partial charge in [-0.15, -0.1) is 0 Å². The van der Waals surface area contributed by atoms with Gasteiger partial charge in [0, 0.05) is 18.4 Å². The predicted molar refractivity (Wildman–Crippen MR) is 83.2 cm³/mol. The molecule has 2 aromatic heterocycles. The smallest absolute Gasteiger partial charge is 0.308 e. The third-order valence-corrected chi connectivity index (χ3v) is 3.97.